The fourth-order valence-corrected chi connectivity index (χ4v) is 2.97. The van der Waals surface area contributed by atoms with Crippen LogP contribution >= 0.6 is 28.3 Å². The van der Waals surface area contributed by atoms with Crippen LogP contribution in [-0.4, -0.2) is 42.4 Å². The van der Waals surface area contributed by atoms with Crippen LogP contribution in [0.15, 0.2) is 22.7 Å². The minimum atomic E-state index is -0.474. The van der Waals surface area contributed by atoms with Crippen LogP contribution in [0.1, 0.15) is 16.8 Å². The molecule has 0 spiro atoms. The van der Waals surface area contributed by atoms with E-state index in [1.165, 1.54) is 18.2 Å². The molecule has 8 heteroatoms. The highest BCUT2D eigenvalue weighted by Crippen LogP contribution is 2.26. The second-order valence-corrected chi connectivity index (χ2v) is 5.74. The SMILES string of the molecule is CNCC1CCN(C(=O)c2ccc([N+](=O)[O-])cc2Br)C1.Cl. The van der Waals surface area contributed by atoms with Gasteiger partial charge >= 0.3 is 0 Å². The van der Waals surface area contributed by atoms with Gasteiger partial charge in [-0.2, -0.15) is 0 Å². The summed E-state index contributed by atoms with van der Waals surface area (Å²) in [5, 5.41) is 13.8. The molecule has 2 rings (SSSR count). The normalized spacial score (nSPS) is 17.4. The number of carbonyl (C=O) groups is 1. The van der Waals surface area contributed by atoms with E-state index in [0.29, 0.717) is 16.0 Å². The summed E-state index contributed by atoms with van der Waals surface area (Å²) in [7, 11) is 1.90. The molecule has 1 aromatic carbocycles. The smallest absolute Gasteiger partial charge is 0.270 e. The van der Waals surface area contributed by atoms with Crippen molar-refractivity contribution < 1.29 is 9.72 Å². The van der Waals surface area contributed by atoms with Crippen molar-refractivity contribution in [3.8, 4) is 0 Å². The Balaban J connectivity index is 0.00000220. The third-order valence-electron chi connectivity index (χ3n) is 3.46. The quantitative estimate of drug-likeness (QED) is 0.645. The van der Waals surface area contributed by atoms with Gasteiger partial charge in [0.15, 0.2) is 0 Å². The number of nitro benzene ring substituents is 1. The van der Waals surface area contributed by atoms with Gasteiger partial charge in [-0.1, -0.05) is 0 Å². The van der Waals surface area contributed by atoms with Crippen molar-refractivity contribution in [1.29, 1.82) is 0 Å². The predicted molar refractivity (Wildman–Crippen MR) is 86.0 cm³/mol. The number of benzene rings is 1. The molecule has 1 aromatic rings. The van der Waals surface area contributed by atoms with Crippen molar-refractivity contribution in [2.24, 2.45) is 5.92 Å². The van der Waals surface area contributed by atoms with Crippen LogP contribution in [0.2, 0.25) is 0 Å². The fourth-order valence-electron chi connectivity index (χ4n) is 2.43. The van der Waals surface area contributed by atoms with Gasteiger partial charge in [-0.25, -0.2) is 0 Å². The molecule has 1 heterocycles. The van der Waals surface area contributed by atoms with E-state index in [9.17, 15) is 14.9 Å². The standard InChI is InChI=1S/C13H16BrN3O3.ClH/c1-15-7-9-4-5-16(8-9)13(18)11-3-2-10(17(19)20)6-12(11)14;/h2-3,6,9,15H,4-5,7-8H2,1H3;1H. The maximum absolute atomic E-state index is 12.4. The number of hydrogen-bond acceptors (Lipinski definition) is 4. The molecule has 1 fully saturated rings. The van der Waals surface area contributed by atoms with Gasteiger partial charge in [-0.05, 0) is 47.9 Å². The number of likely N-dealkylation sites (tertiary alicyclic amines) is 1. The molecule has 1 N–H and O–H groups in total. The molecule has 1 saturated heterocycles. The Morgan fingerprint density at radius 1 is 1.57 bits per heavy atom. The van der Waals surface area contributed by atoms with Crippen molar-refractivity contribution in [2.75, 3.05) is 26.7 Å². The number of halogens is 2. The van der Waals surface area contributed by atoms with Crippen LogP contribution < -0.4 is 5.32 Å². The Bertz CT molecular complexity index is 541. The highest BCUT2D eigenvalue weighted by Gasteiger charge is 2.27. The lowest BCUT2D eigenvalue weighted by molar-refractivity contribution is -0.384. The maximum Gasteiger partial charge on any atom is 0.270 e. The molecule has 1 unspecified atom stereocenters. The zero-order chi connectivity index (χ0) is 14.7. The lowest BCUT2D eigenvalue weighted by Crippen LogP contribution is -2.30. The molecule has 0 aromatic heterocycles. The summed E-state index contributed by atoms with van der Waals surface area (Å²) < 4.78 is 0.466. The number of hydrogen-bond donors (Lipinski definition) is 1. The van der Waals surface area contributed by atoms with Crippen molar-refractivity contribution in [1.82, 2.24) is 10.2 Å². The van der Waals surface area contributed by atoms with Gasteiger partial charge in [-0.15, -0.1) is 12.4 Å². The Kier molecular flexibility index (Phi) is 6.57. The number of nitrogens with zero attached hydrogens (tertiary/aromatic N) is 2. The van der Waals surface area contributed by atoms with E-state index >= 15 is 0 Å². The minimum Gasteiger partial charge on any atom is -0.338 e. The van der Waals surface area contributed by atoms with Crippen LogP contribution in [0.4, 0.5) is 5.69 Å². The molecule has 0 aliphatic carbocycles. The Morgan fingerprint density at radius 2 is 2.29 bits per heavy atom. The van der Waals surface area contributed by atoms with Gasteiger partial charge in [0, 0.05) is 29.7 Å². The third-order valence-corrected chi connectivity index (χ3v) is 4.12. The lowest BCUT2D eigenvalue weighted by atomic mass is 10.1. The fraction of sp³-hybridized carbons (Fsp3) is 0.462. The van der Waals surface area contributed by atoms with Crippen molar-refractivity contribution >= 4 is 39.9 Å². The van der Waals surface area contributed by atoms with E-state index in [-0.39, 0.29) is 24.0 Å². The van der Waals surface area contributed by atoms with Gasteiger partial charge in [-0.3, -0.25) is 14.9 Å². The summed E-state index contributed by atoms with van der Waals surface area (Å²) in [6, 6.07) is 4.24. The van der Waals surface area contributed by atoms with Gasteiger partial charge in [0.25, 0.3) is 11.6 Å². The van der Waals surface area contributed by atoms with Crippen LogP contribution in [-0.2, 0) is 0 Å². The monoisotopic (exact) mass is 377 g/mol. The van der Waals surface area contributed by atoms with Gasteiger partial charge in [0.1, 0.15) is 0 Å². The highest BCUT2D eigenvalue weighted by molar-refractivity contribution is 9.10. The van der Waals surface area contributed by atoms with E-state index in [1.807, 2.05) is 7.05 Å². The minimum absolute atomic E-state index is 0. The van der Waals surface area contributed by atoms with Crippen LogP contribution in [0.3, 0.4) is 0 Å². The van der Waals surface area contributed by atoms with Crippen molar-refractivity contribution in [3.63, 3.8) is 0 Å². The summed E-state index contributed by atoms with van der Waals surface area (Å²) >= 11 is 3.24. The van der Waals surface area contributed by atoms with E-state index in [1.54, 1.807) is 4.90 Å². The first-order valence-corrected chi connectivity index (χ1v) is 7.20. The first-order chi connectivity index (χ1) is 9.52. The third kappa shape index (κ3) is 4.15. The molecule has 0 bridgehead atoms. The number of amides is 1. The maximum atomic E-state index is 12.4. The zero-order valence-electron chi connectivity index (χ0n) is 11.5. The number of rotatable bonds is 4. The molecular formula is C13H17BrClN3O3. The second-order valence-electron chi connectivity index (χ2n) is 4.88. The molecule has 6 nitrogen and oxygen atoms in total. The Morgan fingerprint density at radius 3 is 2.86 bits per heavy atom. The molecule has 1 aliphatic heterocycles. The summed E-state index contributed by atoms with van der Waals surface area (Å²) in [6.07, 6.45) is 0.983. The van der Waals surface area contributed by atoms with Crippen LogP contribution in [0, 0.1) is 16.0 Å². The summed E-state index contributed by atoms with van der Waals surface area (Å²) in [4.78, 5) is 24.4. The summed E-state index contributed by atoms with van der Waals surface area (Å²) in [6.45, 7) is 2.35. The molecule has 1 amide bonds. The first kappa shape index (κ1) is 17.9. The molecule has 21 heavy (non-hydrogen) atoms. The molecule has 1 atom stereocenters. The van der Waals surface area contributed by atoms with Crippen LogP contribution in [0.5, 0.6) is 0 Å². The van der Waals surface area contributed by atoms with Crippen molar-refractivity contribution in [3.05, 3.63) is 38.3 Å². The number of nitrogens with one attached hydrogen (secondary N) is 1. The van der Waals surface area contributed by atoms with Crippen molar-refractivity contribution in [2.45, 2.75) is 6.42 Å². The van der Waals surface area contributed by atoms with Gasteiger partial charge < -0.3 is 10.2 Å². The summed E-state index contributed by atoms with van der Waals surface area (Å²) in [5.41, 5.74) is 0.448. The highest BCUT2D eigenvalue weighted by atomic mass is 79.9. The van der Waals surface area contributed by atoms with E-state index in [0.717, 1.165) is 26.1 Å². The second kappa shape index (κ2) is 7.72. The molecule has 1 aliphatic rings. The van der Waals surface area contributed by atoms with E-state index < -0.39 is 4.92 Å². The Hall–Kier alpha value is -1.18. The molecule has 116 valence electrons. The predicted octanol–water partition coefficient (Wildman–Crippen LogP) is 2.46. The Labute approximate surface area is 137 Å². The van der Waals surface area contributed by atoms with Gasteiger partial charge in [0.05, 0.1) is 10.5 Å². The average molecular weight is 379 g/mol. The van der Waals surface area contributed by atoms with Gasteiger partial charge in [0.2, 0.25) is 0 Å². The molecule has 0 saturated carbocycles. The van der Waals surface area contributed by atoms with E-state index in [2.05, 4.69) is 21.2 Å². The number of carbonyl (C=O) groups excluding carboxylic acids is 1. The topological polar surface area (TPSA) is 75.5 Å². The van der Waals surface area contributed by atoms with Crippen LogP contribution in [0.25, 0.3) is 0 Å². The largest absolute Gasteiger partial charge is 0.338 e. The zero-order valence-corrected chi connectivity index (χ0v) is 13.9. The average Bonchev–Trinajstić information content (AvgIpc) is 2.87. The lowest BCUT2D eigenvalue weighted by Gasteiger charge is -2.17. The molecular weight excluding hydrogens is 362 g/mol. The first-order valence-electron chi connectivity index (χ1n) is 6.40. The number of non-ortho nitro benzene ring substituents is 1. The molecule has 0 radical (unpaired) electrons. The number of nitro groups is 1. The van der Waals surface area contributed by atoms with E-state index in [4.69, 9.17) is 0 Å². The summed E-state index contributed by atoms with van der Waals surface area (Å²) in [5.74, 6) is 0.395.